The smallest absolute Gasteiger partial charge is 0.253 e. The highest BCUT2D eigenvalue weighted by molar-refractivity contribution is 5.93. The van der Waals surface area contributed by atoms with Crippen LogP contribution in [0.1, 0.15) is 46.4 Å². The molecule has 0 heterocycles. The van der Waals surface area contributed by atoms with Crippen LogP contribution in [-0.4, -0.2) is 56.3 Å². The van der Waals surface area contributed by atoms with E-state index < -0.39 is 0 Å². The van der Waals surface area contributed by atoms with E-state index in [0.717, 1.165) is 12.0 Å². The fourth-order valence-electron chi connectivity index (χ4n) is 3.20. The first kappa shape index (κ1) is 22.6. The molecule has 0 spiro atoms. The molecule has 1 atom stereocenters. The molecule has 0 aliphatic carbocycles. The lowest BCUT2D eigenvalue weighted by Gasteiger charge is -2.25. The molecular formula is C24H33N3O2. The molecule has 0 aliphatic rings. The normalized spacial score (nSPS) is 11.9. The third-order valence-corrected chi connectivity index (χ3v) is 5.14. The summed E-state index contributed by atoms with van der Waals surface area (Å²) in [4.78, 5) is 28.0. The maximum absolute atomic E-state index is 12.3. The zero-order chi connectivity index (χ0) is 21.4. The molecule has 0 aliphatic heterocycles. The first-order valence-corrected chi connectivity index (χ1v) is 10.1. The van der Waals surface area contributed by atoms with E-state index in [1.807, 2.05) is 38.4 Å². The largest absolute Gasteiger partial charge is 0.354 e. The van der Waals surface area contributed by atoms with Gasteiger partial charge in [0.25, 0.3) is 5.91 Å². The second-order valence-corrected chi connectivity index (χ2v) is 7.78. The third-order valence-electron chi connectivity index (χ3n) is 5.14. The molecule has 2 aromatic rings. The van der Waals surface area contributed by atoms with Gasteiger partial charge in [-0.2, -0.15) is 0 Å². The van der Waals surface area contributed by atoms with Crippen LogP contribution in [0.5, 0.6) is 0 Å². The van der Waals surface area contributed by atoms with E-state index >= 15 is 0 Å². The van der Waals surface area contributed by atoms with Gasteiger partial charge in [-0.25, -0.2) is 0 Å². The van der Waals surface area contributed by atoms with Crippen molar-refractivity contribution in [3.8, 4) is 0 Å². The number of nitrogens with one attached hydrogen (secondary N) is 1. The van der Waals surface area contributed by atoms with Gasteiger partial charge in [0.1, 0.15) is 0 Å². The summed E-state index contributed by atoms with van der Waals surface area (Å²) < 4.78 is 0. The Kier molecular flexibility index (Phi) is 8.40. The van der Waals surface area contributed by atoms with E-state index in [9.17, 15) is 9.59 Å². The Labute approximate surface area is 174 Å². The number of benzene rings is 2. The van der Waals surface area contributed by atoms with Crippen LogP contribution in [0.2, 0.25) is 0 Å². The predicted molar refractivity (Wildman–Crippen MR) is 118 cm³/mol. The quantitative estimate of drug-likeness (QED) is 0.709. The van der Waals surface area contributed by atoms with E-state index in [0.29, 0.717) is 24.9 Å². The van der Waals surface area contributed by atoms with Crippen molar-refractivity contribution in [3.63, 3.8) is 0 Å². The Morgan fingerprint density at radius 3 is 2.00 bits per heavy atom. The SMILES string of the molecule is CCc1ccc(C(CNC(=O)CCc2ccc(C(=O)N(C)C)cc2)N(C)C)cc1. The maximum Gasteiger partial charge on any atom is 0.253 e. The van der Waals surface area contributed by atoms with Gasteiger partial charge in [0.2, 0.25) is 5.91 Å². The molecule has 0 aromatic heterocycles. The lowest BCUT2D eigenvalue weighted by molar-refractivity contribution is -0.121. The molecule has 29 heavy (non-hydrogen) atoms. The van der Waals surface area contributed by atoms with Crippen molar-refractivity contribution in [2.24, 2.45) is 0 Å². The van der Waals surface area contributed by atoms with Crippen molar-refractivity contribution < 1.29 is 9.59 Å². The van der Waals surface area contributed by atoms with E-state index in [2.05, 4.69) is 41.4 Å². The van der Waals surface area contributed by atoms with Gasteiger partial charge in [0, 0.05) is 32.6 Å². The highest BCUT2D eigenvalue weighted by atomic mass is 16.2. The second-order valence-electron chi connectivity index (χ2n) is 7.78. The number of rotatable bonds is 9. The van der Waals surface area contributed by atoms with Gasteiger partial charge < -0.3 is 15.1 Å². The third kappa shape index (κ3) is 6.71. The van der Waals surface area contributed by atoms with Crippen LogP contribution in [0.25, 0.3) is 0 Å². The number of hydrogen-bond acceptors (Lipinski definition) is 3. The topological polar surface area (TPSA) is 52.7 Å². The van der Waals surface area contributed by atoms with Gasteiger partial charge in [0.15, 0.2) is 0 Å². The number of carbonyl (C=O) groups excluding carboxylic acids is 2. The molecule has 1 N–H and O–H groups in total. The number of likely N-dealkylation sites (N-methyl/N-ethyl adjacent to an activating group) is 1. The number of hydrogen-bond donors (Lipinski definition) is 1. The van der Waals surface area contributed by atoms with Gasteiger partial charge in [0.05, 0.1) is 6.04 Å². The van der Waals surface area contributed by atoms with Crippen molar-refractivity contribution in [1.29, 1.82) is 0 Å². The Bertz CT molecular complexity index is 796. The van der Waals surface area contributed by atoms with Crippen molar-refractivity contribution in [1.82, 2.24) is 15.1 Å². The average molecular weight is 396 g/mol. The summed E-state index contributed by atoms with van der Waals surface area (Å²) in [6.45, 7) is 2.72. The minimum atomic E-state index is -0.0176. The van der Waals surface area contributed by atoms with E-state index in [1.54, 1.807) is 19.0 Å². The average Bonchev–Trinajstić information content (AvgIpc) is 2.72. The predicted octanol–water partition coefficient (Wildman–Crippen LogP) is 3.30. The van der Waals surface area contributed by atoms with Crippen LogP contribution in [0.15, 0.2) is 48.5 Å². The first-order chi connectivity index (χ1) is 13.8. The summed E-state index contributed by atoms with van der Waals surface area (Å²) in [5.41, 5.74) is 4.23. The summed E-state index contributed by atoms with van der Waals surface area (Å²) in [5, 5.41) is 3.06. The van der Waals surface area contributed by atoms with Crippen LogP contribution >= 0.6 is 0 Å². The summed E-state index contributed by atoms with van der Waals surface area (Å²) in [6.07, 6.45) is 2.10. The fraction of sp³-hybridized carbons (Fsp3) is 0.417. The van der Waals surface area contributed by atoms with Gasteiger partial charge in [-0.05, 0) is 55.8 Å². The van der Waals surface area contributed by atoms with Gasteiger partial charge in [-0.3, -0.25) is 9.59 Å². The Morgan fingerprint density at radius 2 is 1.48 bits per heavy atom. The molecule has 2 aromatic carbocycles. The van der Waals surface area contributed by atoms with Crippen molar-refractivity contribution in [2.75, 3.05) is 34.7 Å². The van der Waals surface area contributed by atoms with Crippen LogP contribution in [0, 0.1) is 0 Å². The van der Waals surface area contributed by atoms with Crippen molar-refractivity contribution in [2.45, 2.75) is 32.2 Å². The zero-order valence-corrected chi connectivity index (χ0v) is 18.2. The van der Waals surface area contributed by atoms with E-state index in [1.165, 1.54) is 11.1 Å². The summed E-state index contributed by atoms with van der Waals surface area (Å²) in [7, 11) is 7.53. The van der Waals surface area contributed by atoms with Crippen LogP contribution < -0.4 is 5.32 Å². The molecule has 5 heteroatoms. The van der Waals surface area contributed by atoms with Crippen LogP contribution in [0.4, 0.5) is 0 Å². The molecular weight excluding hydrogens is 362 g/mol. The first-order valence-electron chi connectivity index (χ1n) is 10.1. The highest BCUT2D eigenvalue weighted by Gasteiger charge is 2.15. The summed E-state index contributed by atoms with van der Waals surface area (Å²) >= 11 is 0. The lowest BCUT2D eigenvalue weighted by atomic mass is 10.0. The molecule has 0 saturated heterocycles. The Morgan fingerprint density at radius 1 is 0.897 bits per heavy atom. The fourth-order valence-corrected chi connectivity index (χ4v) is 3.20. The van der Waals surface area contributed by atoms with Crippen LogP contribution in [-0.2, 0) is 17.6 Å². The Balaban J connectivity index is 1.86. The van der Waals surface area contributed by atoms with Gasteiger partial charge >= 0.3 is 0 Å². The highest BCUT2D eigenvalue weighted by Crippen LogP contribution is 2.18. The number of carbonyl (C=O) groups is 2. The second kappa shape index (κ2) is 10.8. The van der Waals surface area contributed by atoms with E-state index in [4.69, 9.17) is 0 Å². The molecule has 5 nitrogen and oxygen atoms in total. The number of nitrogens with zero attached hydrogens (tertiary/aromatic N) is 2. The van der Waals surface area contributed by atoms with Gasteiger partial charge in [-0.1, -0.05) is 43.3 Å². The molecule has 0 radical (unpaired) electrons. The summed E-state index contributed by atoms with van der Waals surface area (Å²) in [5.74, 6) is 0.0199. The molecule has 2 rings (SSSR count). The molecule has 1 unspecified atom stereocenters. The maximum atomic E-state index is 12.3. The molecule has 2 amide bonds. The molecule has 156 valence electrons. The zero-order valence-electron chi connectivity index (χ0n) is 18.2. The minimum absolute atomic E-state index is 0.0176. The molecule has 0 fully saturated rings. The van der Waals surface area contributed by atoms with Gasteiger partial charge in [-0.15, -0.1) is 0 Å². The molecule has 0 bridgehead atoms. The monoisotopic (exact) mass is 395 g/mol. The minimum Gasteiger partial charge on any atom is -0.354 e. The summed E-state index contributed by atoms with van der Waals surface area (Å²) in [6, 6.07) is 16.2. The van der Waals surface area contributed by atoms with Crippen molar-refractivity contribution in [3.05, 3.63) is 70.8 Å². The van der Waals surface area contributed by atoms with Crippen molar-refractivity contribution >= 4 is 11.8 Å². The lowest BCUT2D eigenvalue weighted by Crippen LogP contribution is -2.34. The number of aryl methyl sites for hydroxylation is 2. The molecule has 0 saturated carbocycles. The van der Waals surface area contributed by atoms with E-state index in [-0.39, 0.29) is 17.9 Å². The standard InChI is InChI=1S/C24H33N3O2/c1-6-18-7-12-20(13-8-18)22(26(2)3)17-25-23(28)16-11-19-9-14-21(15-10-19)24(29)27(4)5/h7-10,12-15,22H,6,11,16-17H2,1-5H3,(H,25,28). The Hall–Kier alpha value is -2.66. The van der Waals surface area contributed by atoms with Crippen LogP contribution in [0.3, 0.4) is 0 Å². The number of amides is 2.